The molecule has 0 aromatic rings. The molecule has 0 aromatic carbocycles. The Balaban J connectivity index is 1.83. The Morgan fingerprint density at radius 2 is 1.75 bits per heavy atom. The molecule has 4 N–H and O–H groups in total. The lowest BCUT2D eigenvalue weighted by Gasteiger charge is -2.27. The van der Waals surface area contributed by atoms with Crippen LogP contribution in [-0.4, -0.2) is 25.2 Å². The second kappa shape index (κ2) is 3.75. The lowest BCUT2D eigenvalue weighted by molar-refractivity contribution is -0.919. The van der Waals surface area contributed by atoms with Crippen LogP contribution in [0.5, 0.6) is 0 Å². The van der Waals surface area contributed by atoms with Crippen LogP contribution in [0.2, 0.25) is 0 Å². The van der Waals surface area contributed by atoms with Gasteiger partial charge in [-0.2, -0.15) is 0 Å². The summed E-state index contributed by atoms with van der Waals surface area (Å²) < 4.78 is 0. The van der Waals surface area contributed by atoms with E-state index in [1.807, 2.05) is 4.90 Å². The van der Waals surface area contributed by atoms with Gasteiger partial charge in [-0.15, -0.1) is 0 Å². The maximum Gasteiger partial charge on any atom is 0.139 e. The highest BCUT2D eigenvalue weighted by Crippen LogP contribution is 2.15. The van der Waals surface area contributed by atoms with Crippen molar-refractivity contribution in [1.29, 1.82) is 0 Å². The number of hydrogen-bond donors (Lipinski definition) is 2. The van der Waals surface area contributed by atoms with Gasteiger partial charge in [-0.05, 0) is 25.7 Å². The molecule has 1 heterocycles. The summed E-state index contributed by atoms with van der Waals surface area (Å²) in [6, 6.07) is 1.76. The molecule has 1 aliphatic heterocycles. The van der Waals surface area contributed by atoms with Crippen molar-refractivity contribution in [2.24, 2.45) is 0 Å². The van der Waals surface area contributed by atoms with Gasteiger partial charge in [-0.25, -0.2) is 0 Å². The van der Waals surface area contributed by atoms with Gasteiger partial charge >= 0.3 is 0 Å². The highest BCUT2D eigenvalue weighted by molar-refractivity contribution is 4.67. The molecule has 2 heteroatoms. The molecule has 2 unspecified atom stereocenters. The molecule has 0 radical (unpaired) electrons. The molecule has 1 aliphatic carbocycles. The fraction of sp³-hybridized carbons (Fsp3) is 1.00. The van der Waals surface area contributed by atoms with Crippen molar-refractivity contribution < 1.29 is 10.6 Å². The number of hydrogen-bond acceptors (Lipinski definition) is 0. The smallest absolute Gasteiger partial charge is 0.139 e. The second-order valence-electron chi connectivity index (χ2n) is 4.60. The van der Waals surface area contributed by atoms with Gasteiger partial charge in [0, 0.05) is 0 Å². The summed E-state index contributed by atoms with van der Waals surface area (Å²) in [5, 5.41) is 0. The average Bonchev–Trinajstić information content (AvgIpc) is 2.54. The minimum atomic E-state index is 0.752. The van der Waals surface area contributed by atoms with E-state index in [0.717, 1.165) is 12.1 Å². The fourth-order valence-electron chi connectivity index (χ4n) is 2.85. The van der Waals surface area contributed by atoms with Crippen molar-refractivity contribution in [3.63, 3.8) is 0 Å². The molecule has 2 rings (SSSR count). The molecule has 12 heavy (non-hydrogen) atoms. The molecule has 0 bridgehead atoms. The third kappa shape index (κ3) is 1.80. The highest BCUT2D eigenvalue weighted by atomic mass is 15.2. The maximum absolute atomic E-state index is 4.16. The van der Waals surface area contributed by atoms with E-state index in [9.17, 15) is 0 Å². The highest BCUT2D eigenvalue weighted by Gasteiger charge is 2.32. The Morgan fingerprint density at radius 1 is 1.00 bits per heavy atom. The summed E-state index contributed by atoms with van der Waals surface area (Å²) in [6.07, 6.45) is 8.79. The minimum Gasteiger partial charge on any atom is -0.350 e. The molecule has 1 saturated heterocycles. The molecule has 2 nitrogen and oxygen atoms in total. The van der Waals surface area contributed by atoms with Crippen LogP contribution in [0.1, 0.15) is 38.5 Å². The van der Waals surface area contributed by atoms with Gasteiger partial charge in [0.1, 0.15) is 12.6 Å². The van der Waals surface area contributed by atoms with Crippen LogP contribution in [0.4, 0.5) is 0 Å². The van der Waals surface area contributed by atoms with Crippen molar-refractivity contribution in [1.82, 2.24) is 0 Å². The first-order chi connectivity index (χ1) is 5.86. The van der Waals surface area contributed by atoms with Crippen LogP contribution in [0.15, 0.2) is 0 Å². The standard InChI is InChI=1S/C10H20N2/c11-9-6-7-12(8-9)10-4-2-1-3-5-10/h9-10H,1-8,11H2/p+2. The molecule has 70 valence electrons. The van der Waals surface area contributed by atoms with Crippen molar-refractivity contribution in [2.45, 2.75) is 50.6 Å². The largest absolute Gasteiger partial charge is 0.350 e. The second-order valence-corrected chi connectivity index (χ2v) is 4.60. The number of likely N-dealkylation sites (tertiary alicyclic amines) is 1. The van der Waals surface area contributed by atoms with E-state index in [2.05, 4.69) is 5.73 Å². The SMILES string of the molecule is [NH3+]C1CC[NH+](C2CCCCC2)C1. The van der Waals surface area contributed by atoms with Gasteiger partial charge in [-0.3, -0.25) is 0 Å². The predicted molar refractivity (Wildman–Crippen MR) is 48.9 cm³/mol. The van der Waals surface area contributed by atoms with Gasteiger partial charge in [0.15, 0.2) is 0 Å². The molecule has 2 atom stereocenters. The lowest BCUT2D eigenvalue weighted by atomic mass is 9.94. The Labute approximate surface area is 75.1 Å². The van der Waals surface area contributed by atoms with E-state index >= 15 is 0 Å². The summed E-state index contributed by atoms with van der Waals surface area (Å²) in [5.41, 5.74) is 4.16. The van der Waals surface area contributed by atoms with Crippen LogP contribution in [0, 0.1) is 0 Å². The van der Waals surface area contributed by atoms with E-state index in [0.29, 0.717) is 0 Å². The maximum atomic E-state index is 4.16. The summed E-state index contributed by atoms with van der Waals surface area (Å²) >= 11 is 0. The number of rotatable bonds is 1. The zero-order valence-corrected chi connectivity index (χ0v) is 8.02. The summed E-state index contributed by atoms with van der Waals surface area (Å²) in [6.45, 7) is 2.75. The normalized spacial score (nSPS) is 38.8. The summed E-state index contributed by atoms with van der Waals surface area (Å²) in [7, 11) is 0. The molecule has 0 spiro atoms. The van der Waals surface area contributed by atoms with Gasteiger partial charge in [0.05, 0.1) is 19.0 Å². The van der Waals surface area contributed by atoms with Crippen molar-refractivity contribution in [3.05, 3.63) is 0 Å². The topological polar surface area (TPSA) is 32.1 Å². The molecule has 1 saturated carbocycles. The lowest BCUT2D eigenvalue weighted by Crippen LogP contribution is -3.15. The van der Waals surface area contributed by atoms with Gasteiger partial charge in [-0.1, -0.05) is 6.42 Å². The van der Waals surface area contributed by atoms with E-state index in [1.165, 1.54) is 51.6 Å². The molecular weight excluding hydrogens is 148 g/mol. The summed E-state index contributed by atoms with van der Waals surface area (Å²) in [4.78, 5) is 1.87. The Kier molecular flexibility index (Phi) is 2.66. The average molecular weight is 170 g/mol. The molecule has 0 aromatic heterocycles. The first-order valence-corrected chi connectivity index (χ1v) is 5.54. The monoisotopic (exact) mass is 170 g/mol. The van der Waals surface area contributed by atoms with E-state index in [1.54, 1.807) is 0 Å². The van der Waals surface area contributed by atoms with E-state index in [4.69, 9.17) is 0 Å². The Hall–Kier alpha value is -0.0800. The van der Waals surface area contributed by atoms with Crippen molar-refractivity contribution in [3.8, 4) is 0 Å². The van der Waals surface area contributed by atoms with Gasteiger partial charge < -0.3 is 10.6 Å². The first-order valence-electron chi connectivity index (χ1n) is 5.54. The van der Waals surface area contributed by atoms with E-state index < -0.39 is 0 Å². The zero-order chi connectivity index (χ0) is 8.39. The van der Waals surface area contributed by atoms with Crippen LogP contribution in [0.25, 0.3) is 0 Å². The molecule has 2 aliphatic rings. The number of nitrogens with one attached hydrogen (secondary N) is 1. The first kappa shape index (κ1) is 8.52. The quantitative estimate of drug-likeness (QED) is 0.517. The van der Waals surface area contributed by atoms with Crippen LogP contribution >= 0.6 is 0 Å². The predicted octanol–water partition coefficient (Wildman–Crippen LogP) is -0.782. The minimum absolute atomic E-state index is 0.752. The fourth-order valence-corrected chi connectivity index (χ4v) is 2.85. The zero-order valence-electron chi connectivity index (χ0n) is 8.02. The van der Waals surface area contributed by atoms with Crippen molar-refractivity contribution >= 4 is 0 Å². The molecule has 2 fully saturated rings. The van der Waals surface area contributed by atoms with Crippen LogP contribution in [-0.2, 0) is 0 Å². The number of quaternary nitrogens is 2. The molecular formula is C10H22N2+2. The van der Waals surface area contributed by atoms with Crippen LogP contribution < -0.4 is 10.6 Å². The molecule has 0 amide bonds. The Morgan fingerprint density at radius 3 is 2.33 bits per heavy atom. The summed E-state index contributed by atoms with van der Waals surface area (Å²) in [5.74, 6) is 0. The third-order valence-corrected chi connectivity index (χ3v) is 3.61. The van der Waals surface area contributed by atoms with Gasteiger partial charge in [0.25, 0.3) is 0 Å². The van der Waals surface area contributed by atoms with Crippen LogP contribution in [0.3, 0.4) is 0 Å². The van der Waals surface area contributed by atoms with E-state index in [-0.39, 0.29) is 0 Å². The third-order valence-electron chi connectivity index (χ3n) is 3.61. The Bertz CT molecular complexity index is 138. The van der Waals surface area contributed by atoms with Crippen molar-refractivity contribution in [2.75, 3.05) is 13.1 Å². The van der Waals surface area contributed by atoms with Gasteiger partial charge in [0.2, 0.25) is 0 Å².